The zero-order valence-electron chi connectivity index (χ0n) is 7.42. The molecule has 64 valence electrons. The Bertz CT molecular complexity index is 151. The van der Waals surface area contributed by atoms with Crippen LogP contribution in [0.2, 0.25) is 0 Å². The lowest BCUT2D eigenvalue weighted by molar-refractivity contribution is -0.131. The number of hydrogen-bond donors (Lipinski definition) is 1. The van der Waals surface area contributed by atoms with Crippen molar-refractivity contribution in [2.45, 2.75) is 33.6 Å². The predicted molar refractivity (Wildman–Crippen MR) is 45.5 cm³/mol. The van der Waals surface area contributed by atoms with Crippen molar-refractivity contribution in [3.63, 3.8) is 0 Å². The third-order valence-corrected chi connectivity index (χ3v) is 1.32. The van der Waals surface area contributed by atoms with Crippen molar-refractivity contribution in [2.24, 2.45) is 5.41 Å². The molecule has 0 amide bonds. The first kappa shape index (κ1) is 10.2. The fourth-order valence-corrected chi connectivity index (χ4v) is 0.700. The first-order chi connectivity index (χ1) is 4.92. The molecule has 2 nitrogen and oxygen atoms in total. The molecule has 0 spiro atoms. The van der Waals surface area contributed by atoms with Gasteiger partial charge in [-0.25, -0.2) is 4.79 Å². The van der Waals surface area contributed by atoms with Gasteiger partial charge >= 0.3 is 5.97 Å². The molecule has 0 aromatic rings. The maximum Gasteiger partial charge on any atom is 0.327 e. The Labute approximate surface area is 67.9 Å². The van der Waals surface area contributed by atoms with E-state index in [9.17, 15) is 4.79 Å². The summed E-state index contributed by atoms with van der Waals surface area (Å²) in [4.78, 5) is 10.0. The second kappa shape index (κ2) is 4.16. The summed E-state index contributed by atoms with van der Waals surface area (Å²) in [7, 11) is 0. The van der Waals surface area contributed by atoms with Crippen molar-refractivity contribution in [3.8, 4) is 0 Å². The summed E-state index contributed by atoms with van der Waals surface area (Å²) < 4.78 is 0. The monoisotopic (exact) mass is 156 g/mol. The molecule has 1 N–H and O–H groups in total. The Morgan fingerprint density at radius 3 is 2.36 bits per heavy atom. The number of rotatable bonds is 3. The lowest BCUT2D eigenvalue weighted by atomic mass is 9.90. The standard InChI is InChI=1S/C9H16O2/c1-9(2,3)7-5-4-6-8(10)11/h4,6H,5,7H2,1-3H3,(H,10,11)/b6-4+. The molecule has 11 heavy (non-hydrogen) atoms. The molecule has 0 atom stereocenters. The van der Waals surface area contributed by atoms with Crippen molar-refractivity contribution in [1.29, 1.82) is 0 Å². The number of allylic oxidation sites excluding steroid dienone is 1. The molecule has 0 rings (SSSR count). The van der Waals surface area contributed by atoms with Crippen molar-refractivity contribution in [2.75, 3.05) is 0 Å². The number of aliphatic carboxylic acids is 1. The zero-order valence-corrected chi connectivity index (χ0v) is 7.42. The van der Waals surface area contributed by atoms with E-state index >= 15 is 0 Å². The van der Waals surface area contributed by atoms with Crippen LogP contribution in [-0.2, 0) is 4.79 Å². The van der Waals surface area contributed by atoms with Crippen LogP contribution in [0.5, 0.6) is 0 Å². The summed E-state index contributed by atoms with van der Waals surface area (Å²) in [5, 5.41) is 8.26. The molecular weight excluding hydrogens is 140 g/mol. The van der Waals surface area contributed by atoms with Gasteiger partial charge in [0.1, 0.15) is 0 Å². The second-order valence-electron chi connectivity index (χ2n) is 3.84. The number of hydrogen-bond acceptors (Lipinski definition) is 1. The molecule has 0 heterocycles. The summed E-state index contributed by atoms with van der Waals surface area (Å²) in [6, 6.07) is 0. The van der Waals surface area contributed by atoms with Gasteiger partial charge in [0.2, 0.25) is 0 Å². The van der Waals surface area contributed by atoms with E-state index in [4.69, 9.17) is 5.11 Å². The quantitative estimate of drug-likeness (QED) is 0.637. The van der Waals surface area contributed by atoms with Crippen LogP contribution in [0.4, 0.5) is 0 Å². The largest absolute Gasteiger partial charge is 0.478 e. The van der Waals surface area contributed by atoms with Crippen molar-refractivity contribution < 1.29 is 9.90 Å². The molecule has 0 aromatic carbocycles. The maximum atomic E-state index is 10.0. The summed E-state index contributed by atoms with van der Waals surface area (Å²) in [6.07, 6.45) is 4.77. The van der Waals surface area contributed by atoms with Gasteiger partial charge in [-0.3, -0.25) is 0 Å². The number of carboxylic acids is 1. The first-order valence-electron chi connectivity index (χ1n) is 3.81. The van der Waals surface area contributed by atoms with Crippen LogP contribution in [0.25, 0.3) is 0 Å². The van der Waals surface area contributed by atoms with E-state index in [1.165, 1.54) is 6.08 Å². The minimum atomic E-state index is -0.862. The van der Waals surface area contributed by atoms with Crippen LogP contribution in [0.15, 0.2) is 12.2 Å². The minimum Gasteiger partial charge on any atom is -0.478 e. The van der Waals surface area contributed by atoms with E-state index in [1.807, 2.05) is 0 Å². The highest BCUT2D eigenvalue weighted by Crippen LogP contribution is 2.20. The zero-order chi connectivity index (χ0) is 8.91. The average molecular weight is 156 g/mol. The predicted octanol–water partition coefficient (Wildman–Crippen LogP) is 2.45. The summed E-state index contributed by atoms with van der Waals surface area (Å²) in [5.74, 6) is -0.862. The van der Waals surface area contributed by atoms with E-state index in [2.05, 4.69) is 20.8 Å². The Balaban J connectivity index is 3.50. The van der Waals surface area contributed by atoms with Gasteiger partial charge in [0.05, 0.1) is 0 Å². The highest BCUT2D eigenvalue weighted by atomic mass is 16.4. The SMILES string of the molecule is CC(C)(C)CC/C=C/C(=O)O. The summed E-state index contributed by atoms with van der Waals surface area (Å²) in [6.45, 7) is 6.42. The highest BCUT2D eigenvalue weighted by Gasteiger charge is 2.07. The normalized spacial score (nSPS) is 12.3. The molecule has 0 aromatic heterocycles. The lowest BCUT2D eigenvalue weighted by Gasteiger charge is -2.15. The Morgan fingerprint density at radius 1 is 1.45 bits per heavy atom. The van der Waals surface area contributed by atoms with Gasteiger partial charge in [0.15, 0.2) is 0 Å². The fourth-order valence-electron chi connectivity index (χ4n) is 0.700. The number of carbonyl (C=O) groups is 1. The molecule has 0 aliphatic rings. The van der Waals surface area contributed by atoms with E-state index in [0.717, 1.165) is 12.8 Å². The van der Waals surface area contributed by atoms with Gasteiger partial charge in [-0.05, 0) is 18.3 Å². The molecule has 0 unspecified atom stereocenters. The van der Waals surface area contributed by atoms with E-state index in [1.54, 1.807) is 6.08 Å². The highest BCUT2D eigenvalue weighted by molar-refractivity contribution is 5.79. The van der Waals surface area contributed by atoms with Gasteiger partial charge in [-0.2, -0.15) is 0 Å². The molecule has 0 saturated carbocycles. The minimum absolute atomic E-state index is 0.294. The Kier molecular flexibility index (Phi) is 3.86. The topological polar surface area (TPSA) is 37.3 Å². The Morgan fingerprint density at radius 2 is 2.00 bits per heavy atom. The first-order valence-corrected chi connectivity index (χ1v) is 3.81. The molecule has 0 aliphatic heterocycles. The third kappa shape index (κ3) is 9.21. The van der Waals surface area contributed by atoms with E-state index < -0.39 is 5.97 Å². The molecule has 0 saturated heterocycles. The van der Waals surface area contributed by atoms with Gasteiger partial charge in [0, 0.05) is 6.08 Å². The molecule has 2 heteroatoms. The third-order valence-electron chi connectivity index (χ3n) is 1.32. The van der Waals surface area contributed by atoms with Crippen LogP contribution in [-0.4, -0.2) is 11.1 Å². The van der Waals surface area contributed by atoms with E-state index in [-0.39, 0.29) is 0 Å². The lowest BCUT2D eigenvalue weighted by Crippen LogP contribution is -2.03. The smallest absolute Gasteiger partial charge is 0.327 e. The fraction of sp³-hybridized carbons (Fsp3) is 0.667. The van der Waals surface area contributed by atoms with Crippen molar-refractivity contribution in [3.05, 3.63) is 12.2 Å². The second-order valence-corrected chi connectivity index (χ2v) is 3.84. The molecule has 0 aliphatic carbocycles. The maximum absolute atomic E-state index is 10.0. The molecular formula is C9H16O2. The van der Waals surface area contributed by atoms with Gasteiger partial charge < -0.3 is 5.11 Å². The van der Waals surface area contributed by atoms with Crippen molar-refractivity contribution in [1.82, 2.24) is 0 Å². The van der Waals surface area contributed by atoms with E-state index in [0.29, 0.717) is 5.41 Å². The van der Waals surface area contributed by atoms with Crippen LogP contribution in [0, 0.1) is 5.41 Å². The van der Waals surface area contributed by atoms with Crippen molar-refractivity contribution >= 4 is 5.97 Å². The number of carboxylic acid groups (broad SMARTS) is 1. The van der Waals surface area contributed by atoms with Gasteiger partial charge in [-0.1, -0.05) is 26.8 Å². The summed E-state index contributed by atoms with van der Waals surface area (Å²) >= 11 is 0. The van der Waals surface area contributed by atoms with Gasteiger partial charge in [0.25, 0.3) is 0 Å². The van der Waals surface area contributed by atoms with Crippen LogP contribution in [0.3, 0.4) is 0 Å². The van der Waals surface area contributed by atoms with Crippen LogP contribution in [0.1, 0.15) is 33.6 Å². The molecule has 0 bridgehead atoms. The summed E-state index contributed by atoms with van der Waals surface area (Å²) in [5.41, 5.74) is 0.294. The molecule has 0 fully saturated rings. The van der Waals surface area contributed by atoms with Crippen LogP contribution < -0.4 is 0 Å². The Hall–Kier alpha value is -0.790. The average Bonchev–Trinajstić information content (AvgIpc) is 1.78. The van der Waals surface area contributed by atoms with Crippen LogP contribution >= 0.6 is 0 Å². The molecule has 0 radical (unpaired) electrons. The van der Waals surface area contributed by atoms with Gasteiger partial charge in [-0.15, -0.1) is 0 Å².